The monoisotopic (exact) mass is 780 g/mol. The van der Waals surface area contributed by atoms with Crippen molar-refractivity contribution >= 4 is 61.1 Å². The SMILES string of the molecule is c1ccc(C2=NC(c3cc(N(c4ccc(-c5ccccc5)cc4)c4ccc(-c5ccccc5)cc4)c4c5ccccc5c5ccccc5c4c3)=NC(c3ccccc3)N2)cc1. The van der Waals surface area contributed by atoms with E-state index in [1.807, 2.05) is 12.1 Å². The maximum Gasteiger partial charge on any atom is 0.159 e. The summed E-state index contributed by atoms with van der Waals surface area (Å²) in [6, 6.07) is 82.0. The van der Waals surface area contributed by atoms with E-state index in [4.69, 9.17) is 9.98 Å². The van der Waals surface area contributed by atoms with Gasteiger partial charge in [0.15, 0.2) is 5.84 Å². The van der Waals surface area contributed by atoms with Gasteiger partial charge in [-0.25, -0.2) is 9.98 Å². The molecule has 0 saturated carbocycles. The molecule has 61 heavy (non-hydrogen) atoms. The van der Waals surface area contributed by atoms with Crippen LogP contribution >= 0.6 is 0 Å². The van der Waals surface area contributed by atoms with E-state index in [1.54, 1.807) is 0 Å². The number of benzene rings is 10. The third-order valence-corrected chi connectivity index (χ3v) is 11.7. The van der Waals surface area contributed by atoms with Crippen molar-refractivity contribution in [3.8, 4) is 22.3 Å². The van der Waals surface area contributed by atoms with Gasteiger partial charge >= 0.3 is 0 Å². The molecule has 11 rings (SSSR count). The summed E-state index contributed by atoms with van der Waals surface area (Å²) in [5, 5.41) is 10.8. The number of fused-ring (bicyclic) bond motifs is 6. The first-order chi connectivity index (χ1) is 30.2. The molecule has 0 saturated heterocycles. The van der Waals surface area contributed by atoms with Crippen LogP contribution in [-0.2, 0) is 0 Å². The normalized spacial score (nSPS) is 13.7. The van der Waals surface area contributed by atoms with Gasteiger partial charge in [0.1, 0.15) is 12.0 Å². The van der Waals surface area contributed by atoms with Crippen molar-refractivity contribution in [2.45, 2.75) is 6.17 Å². The second-order valence-electron chi connectivity index (χ2n) is 15.4. The first kappa shape index (κ1) is 36.0. The molecule has 10 aromatic rings. The number of rotatable bonds is 8. The number of anilines is 3. The van der Waals surface area contributed by atoms with Crippen LogP contribution in [0.1, 0.15) is 22.9 Å². The Labute approximate surface area is 355 Å². The number of hydrogen-bond acceptors (Lipinski definition) is 4. The molecule has 1 aliphatic heterocycles. The fraction of sp³-hybridized carbons (Fsp3) is 0.0175. The molecule has 288 valence electrons. The smallest absolute Gasteiger partial charge is 0.159 e. The Morgan fingerprint density at radius 1 is 0.361 bits per heavy atom. The first-order valence-corrected chi connectivity index (χ1v) is 20.8. The molecule has 0 bridgehead atoms. The second kappa shape index (κ2) is 15.6. The van der Waals surface area contributed by atoms with Crippen LogP contribution in [-0.4, -0.2) is 11.7 Å². The van der Waals surface area contributed by atoms with E-state index < -0.39 is 0 Å². The summed E-state index contributed by atoms with van der Waals surface area (Å²) < 4.78 is 0. The quantitative estimate of drug-likeness (QED) is 0.156. The Bertz CT molecular complexity index is 3150. The third kappa shape index (κ3) is 6.80. The lowest BCUT2D eigenvalue weighted by molar-refractivity contribution is 0.674. The van der Waals surface area contributed by atoms with Crippen LogP contribution in [0.4, 0.5) is 17.1 Å². The Morgan fingerprint density at radius 2 is 0.787 bits per heavy atom. The first-order valence-electron chi connectivity index (χ1n) is 20.8. The van der Waals surface area contributed by atoms with Crippen LogP contribution in [0.3, 0.4) is 0 Å². The molecule has 4 nitrogen and oxygen atoms in total. The van der Waals surface area contributed by atoms with Crippen LogP contribution < -0.4 is 10.2 Å². The highest BCUT2D eigenvalue weighted by molar-refractivity contribution is 6.30. The van der Waals surface area contributed by atoms with Gasteiger partial charge in [0.05, 0.1) is 5.69 Å². The molecule has 0 amide bonds. The van der Waals surface area contributed by atoms with Gasteiger partial charge in [-0.15, -0.1) is 0 Å². The van der Waals surface area contributed by atoms with E-state index in [2.05, 4.69) is 229 Å². The Morgan fingerprint density at radius 3 is 1.33 bits per heavy atom. The summed E-state index contributed by atoms with van der Waals surface area (Å²) in [6.07, 6.45) is -0.330. The lowest BCUT2D eigenvalue weighted by atomic mass is 9.91. The minimum absolute atomic E-state index is 0.330. The van der Waals surface area contributed by atoms with Crippen molar-refractivity contribution < 1.29 is 0 Å². The van der Waals surface area contributed by atoms with Crippen molar-refractivity contribution in [1.82, 2.24) is 5.32 Å². The molecule has 10 aromatic carbocycles. The average molecular weight is 781 g/mol. The van der Waals surface area contributed by atoms with Crippen molar-refractivity contribution in [3.63, 3.8) is 0 Å². The summed E-state index contributed by atoms with van der Waals surface area (Å²) in [6.45, 7) is 0. The average Bonchev–Trinajstić information content (AvgIpc) is 3.35. The molecule has 0 spiro atoms. The molecule has 1 N–H and O–H groups in total. The number of amidine groups is 2. The molecule has 0 fully saturated rings. The summed E-state index contributed by atoms with van der Waals surface area (Å²) in [5.74, 6) is 1.46. The van der Waals surface area contributed by atoms with Crippen LogP contribution in [0.2, 0.25) is 0 Å². The van der Waals surface area contributed by atoms with E-state index >= 15 is 0 Å². The van der Waals surface area contributed by atoms with Gasteiger partial charge in [0.25, 0.3) is 0 Å². The van der Waals surface area contributed by atoms with Crippen molar-refractivity contribution in [2.24, 2.45) is 9.98 Å². The van der Waals surface area contributed by atoms with Gasteiger partial charge in [-0.3, -0.25) is 0 Å². The highest BCUT2D eigenvalue weighted by atomic mass is 15.2. The molecule has 0 radical (unpaired) electrons. The van der Waals surface area contributed by atoms with Crippen LogP contribution in [0, 0.1) is 0 Å². The van der Waals surface area contributed by atoms with Gasteiger partial charge in [0, 0.05) is 27.9 Å². The van der Waals surface area contributed by atoms with Gasteiger partial charge < -0.3 is 10.2 Å². The molecule has 4 heteroatoms. The van der Waals surface area contributed by atoms with E-state index in [0.717, 1.165) is 56.1 Å². The zero-order valence-electron chi connectivity index (χ0n) is 33.4. The van der Waals surface area contributed by atoms with Crippen LogP contribution in [0.15, 0.2) is 241 Å². The summed E-state index contributed by atoms with van der Waals surface area (Å²) in [5.41, 5.74) is 10.8. The summed E-state index contributed by atoms with van der Waals surface area (Å²) >= 11 is 0. The highest BCUT2D eigenvalue weighted by Crippen LogP contribution is 2.46. The van der Waals surface area contributed by atoms with E-state index in [0.29, 0.717) is 5.84 Å². The van der Waals surface area contributed by atoms with Crippen molar-refractivity contribution in [3.05, 3.63) is 247 Å². The Hall–Kier alpha value is -8.08. The maximum atomic E-state index is 5.38. The summed E-state index contributed by atoms with van der Waals surface area (Å²) in [7, 11) is 0. The van der Waals surface area contributed by atoms with Gasteiger partial charge in [-0.1, -0.05) is 194 Å². The largest absolute Gasteiger partial charge is 0.344 e. The highest BCUT2D eigenvalue weighted by Gasteiger charge is 2.25. The molecule has 1 unspecified atom stereocenters. The third-order valence-electron chi connectivity index (χ3n) is 11.7. The number of nitrogens with one attached hydrogen (secondary N) is 1. The van der Waals surface area contributed by atoms with Gasteiger partial charge in [-0.2, -0.15) is 0 Å². The maximum absolute atomic E-state index is 5.38. The molecule has 1 atom stereocenters. The minimum Gasteiger partial charge on any atom is -0.344 e. The van der Waals surface area contributed by atoms with E-state index in [1.165, 1.54) is 38.1 Å². The Kier molecular flexibility index (Phi) is 9.21. The summed E-state index contributed by atoms with van der Waals surface area (Å²) in [4.78, 5) is 13.1. The molecular formula is C57H40N4. The number of hydrogen-bond donors (Lipinski definition) is 1. The van der Waals surface area contributed by atoms with Crippen LogP contribution in [0.25, 0.3) is 54.6 Å². The van der Waals surface area contributed by atoms with Crippen molar-refractivity contribution in [1.29, 1.82) is 0 Å². The molecule has 0 aromatic heterocycles. The molecule has 1 aliphatic rings. The minimum atomic E-state index is -0.330. The number of nitrogens with zero attached hydrogens (tertiary/aromatic N) is 3. The fourth-order valence-corrected chi connectivity index (χ4v) is 8.74. The predicted octanol–water partition coefficient (Wildman–Crippen LogP) is 14.4. The van der Waals surface area contributed by atoms with Gasteiger partial charge in [-0.05, 0) is 91.1 Å². The van der Waals surface area contributed by atoms with Gasteiger partial charge in [0.2, 0.25) is 0 Å². The van der Waals surface area contributed by atoms with E-state index in [9.17, 15) is 0 Å². The number of aliphatic imine (C=N–C) groups is 2. The van der Waals surface area contributed by atoms with Crippen molar-refractivity contribution in [2.75, 3.05) is 4.90 Å². The lowest BCUT2D eigenvalue weighted by Crippen LogP contribution is -2.33. The molecule has 1 heterocycles. The zero-order chi connectivity index (χ0) is 40.5. The second-order valence-corrected chi connectivity index (χ2v) is 15.4. The lowest BCUT2D eigenvalue weighted by Gasteiger charge is -2.29. The van der Waals surface area contributed by atoms with E-state index in [-0.39, 0.29) is 6.17 Å². The predicted molar refractivity (Wildman–Crippen MR) is 256 cm³/mol. The fourth-order valence-electron chi connectivity index (χ4n) is 8.74. The zero-order valence-corrected chi connectivity index (χ0v) is 33.4. The Balaban J connectivity index is 1.20. The molecule has 0 aliphatic carbocycles. The van der Waals surface area contributed by atoms with Crippen LogP contribution in [0.5, 0.6) is 0 Å². The topological polar surface area (TPSA) is 40.0 Å². The molecular weight excluding hydrogens is 741 g/mol. The standard InChI is InChI=1S/C57H40N4/c1-5-17-39(18-6-1)41-29-33-46(34-30-41)61(47-35-31-42(32-36-47)40-19-7-2-8-20-40)53-38-45(37-52-50-27-14-13-25-48(50)49-26-15-16-28-51(49)54(52)53)57-59-55(43-21-9-3-10-22-43)58-56(60-57)44-23-11-4-12-24-44/h1-38,55H,(H,58,59,60).